The summed E-state index contributed by atoms with van der Waals surface area (Å²) in [5.74, 6) is 4.75. The maximum atomic E-state index is 5.99. The second-order valence-electron chi connectivity index (χ2n) is 8.12. The molecule has 2 aliphatic carbocycles. The molecule has 2 heteroatoms. The van der Waals surface area contributed by atoms with Crippen LogP contribution in [-0.2, 0) is 6.42 Å². The fourth-order valence-electron chi connectivity index (χ4n) is 4.81. The molecular formula is C22H35NO. The number of pyridine rings is 1. The van der Waals surface area contributed by atoms with Crippen LogP contribution in [0.2, 0.25) is 0 Å². The molecule has 1 heterocycles. The predicted molar refractivity (Wildman–Crippen MR) is 100 cm³/mol. The van der Waals surface area contributed by atoms with Crippen LogP contribution in [0.4, 0.5) is 0 Å². The summed E-state index contributed by atoms with van der Waals surface area (Å²) in [6, 6.07) is 4.16. The molecule has 2 saturated carbocycles. The van der Waals surface area contributed by atoms with Crippen LogP contribution >= 0.6 is 0 Å². The SMILES string of the molecule is CCc1ccc(OCC2CCC(C3CCC(CC)CC3)CC2)cn1. The van der Waals surface area contributed by atoms with Crippen LogP contribution in [0.3, 0.4) is 0 Å². The topological polar surface area (TPSA) is 22.1 Å². The summed E-state index contributed by atoms with van der Waals surface area (Å²) in [7, 11) is 0. The van der Waals surface area contributed by atoms with Crippen molar-refractivity contribution in [1.29, 1.82) is 0 Å². The minimum absolute atomic E-state index is 0.749. The molecule has 2 nitrogen and oxygen atoms in total. The number of rotatable bonds is 6. The Hall–Kier alpha value is -1.05. The maximum absolute atomic E-state index is 5.99. The lowest BCUT2D eigenvalue weighted by Gasteiger charge is -2.37. The first-order valence-corrected chi connectivity index (χ1v) is 10.4. The van der Waals surface area contributed by atoms with E-state index < -0.39 is 0 Å². The van der Waals surface area contributed by atoms with E-state index in [9.17, 15) is 0 Å². The largest absolute Gasteiger partial charge is 0.492 e. The molecule has 24 heavy (non-hydrogen) atoms. The highest BCUT2D eigenvalue weighted by Crippen LogP contribution is 2.41. The molecule has 3 rings (SSSR count). The molecule has 0 radical (unpaired) electrons. The maximum Gasteiger partial charge on any atom is 0.137 e. The van der Waals surface area contributed by atoms with Crippen LogP contribution in [0, 0.1) is 23.7 Å². The highest BCUT2D eigenvalue weighted by Gasteiger charge is 2.30. The van der Waals surface area contributed by atoms with Gasteiger partial charge in [-0.1, -0.05) is 33.1 Å². The lowest BCUT2D eigenvalue weighted by atomic mass is 9.69. The third-order valence-corrected chi connectivity index (χ3v) is 6.67. The Labute approximate surface area is 148 Å². The highest BCUT2D eigenvalue weighted by atomic mass is 16.5. The van der Waals surface area contributed by atoms with Crippen LogP contribution < -0.4 is 4.74 Å². The summed E-state index contributed by atoms with van der Waals surface area (Å²) in [5.41, 5.74) is 1.14. The fraction of sp³-hybridized carbons (Fsp3) is 0.773. The van der Waals surface area contributed by atoms with Gasteiger partial charge < -0.3 is 4.74 Å². The molecular weight excluding hydrogens is 294 g/mol. The van der Waals surface area contributed by atoms with Crippen molar-refractivity contribution in [3.05, 3.63) is 24.0 Å². The van der Waals surface area contributed by atoms with E-state index in [-0.39, 0.29) is 0 Å². The molecule has 0 aromatic carbocycles. The average molecular weight is 330 g/mol. The van der Waals surface area contributed by atoms with E-state index >= 15 is 0 Å². The smallest absolute Gasteiger partial charge is 0.137 e. The second-order valence-corrected chi connectivity index (χ2v) is 8.12. The summed E-state index contributed by atoms with van der Waals surface area (Å²) >= 11 is 0. The summed E-state index contributed by atoms with van der Waals surface area (Å²) in [4.78, 5) is 4.42. The van der Waals surface area contributed by atoms with Crippen LogP contribution in [0.25, 0.3) is 0 Å². The molecule has 2 fully saturated rings. The lowest BCUT2D eigenvalue weighted by molar-refractivity contribution is 0.123. The van der Waals surface area contributed by atoms with Crippen molar-refractivity contribution in [2.45, 2.75) is 78.1 Å². The predicted octanol–water partition coefficient (Wildman–Crippen LogP) is 6.05. The summed E-state index contributed by atoms with van der Waals surface area (Å²) < 4.78 is 5.99. The van der Waals surface area contributed by atoms with Gasteiger partial charge in [0.25, 0.3) is 0 Å². The molecule has 0 amide bonds. The Bertz CT molecular complexity index is 467. The van der Waals surface area contributed by atoms with Gasteiger partial charge in [0.15, 0.2) is 0 Å². The zero-order valence-corrected chi connectivity index (χ0v) is 15.7. The monoisotopic (exact) mass is 329 g/mol. The van der Waals surface area contributed by atoms with Gasteiger partial charge in [0.2, 0.25) is 0 Å². The van der Waals surface area contributed by atoms with Crippen molar-refractivity contribution in [2.75, 3.05) is 6.61 Å². The van der Waals surface area contributed by atoms with Crippen LogP contribution in [0.1, 0.15) is 77.3 Å². The number of ether oxygens (including phenoxy) is 1. The van der Waals surface area contributed by atoms with Crippen molar-refractivity contribution >= 4 is 0 Å². The normalized spacial score (nSPS) is 30.9. The van der Waals surface area contributed by atoms with Crippen LogP contribution in [0.5, 0.6) is 5.75 Å². The number of hydrogen-bond acceptors (Lipinski definition) is 2. The van der Waals surface area contributed by atoms with Crippen molar-refractivity contribution < 1.29 is 4.74 Å². The Kier molecular flexibility index (Phi) is 6.57. The van der Waals surface area contributed by atoms with E-state index in [0.29, 0.717) is 0 Å². The van der Waals surface area contributed by atoms with Crippen molar-refractivity contribution in [3.8, 4) is 5.75 Å². The van der Waals surface area contributed by atoms with Gasteiger partial charge in [0, 0.05) is 5.69 Å². The third-order valence-electron chi connectivity index (χ3n) is 6.67. The highest BCUT2D eigenvalue weighted by molar-refractivity contribution is 5.19. The lowest BCUT2D eigenvalue weighted by Crippen LogP contribution is -2.27. The third kappa shape index (κ3) is 4.74. The number of hydrogen-bond donors (Lipinski definition) is 0. The van der Waals surface area contributed by atoms with Gasteiger partial charge in [-0.2, -0.15) is 0 Å². The molecule has 0 atom stereocenters. The molecule has 1 aromatic heterocycles. The molecule has 0 N–H and O–H groups in total. The number of aromatic nitrogens is 1. The van der Waals surface area contributed by atoms with Gasteiger partial charge in [-0.25, -0.2) is 0 Å². The van der Waals surface area contributed by atoms with E-state index in [1.54, 1.807) is 0 Å². The van der Waals surface area contributed by atoms with Gasteiger partial charge in [-0.05, 0) is 80.8 Å². The minimum Gasteiger partial charge on any atom is -0.492 e. The minimum atomic E-state index is 0.749. The summed E-state index contributed by atoms with van der Waals surface area (Å²) in [6.07, 6.45) is 15.8. The van der Waals surface area contributed by atoms with E-state index in [1.807, 2.05) is 6.20 Å². The van der Waals surface area contributed by atoms with Crippen molar-refractivity contribution in [3.63, 3.8) is 0 Å². The molecule has 0 unspecified atom stereocenters. The molecule has 0 saturated heterocycles. The van der Waals surface area contributed by atoms with E-state index in [0.717, 1.165) is 48.1 Å². The van der Waals surface area contributed by atoms with Gasteiger partial charge in [-0.3, -0.25) is 4.98 Å². The Morgan fingerprint density at radius 3 is 2.00 bits per heavy atom. The molecule has 0 bridgehead atoms. The van der Waals surface area contributed by atoms with Gasteiger partial charge in [0.1, 0.15) is 5.75 Å². The molecule has 134 valence electrons. The standard InChI is InChI=1S/C22H35NO/c1-3-17-5-9-19(10-6-17)20-11-7-18(8-12-20)16-24-22-14-13-21(4-2)23-15-22/h13-15,17-20H,3-12,16H2,1-2H3. The zero-order valence-electron chi connectivity index (χ0n) is 15.7. The molecule has 2 aliphatic rings. The molecule has 0 aliphatic heterocycles. The quantitative estimate of drug-likeness (QED) is 0.634. The number of aryl methyl sites for hydroxylation is 1. The fourth-order valence-corrected chi connectivity index (χ4v) is 4.81. The van der Waals surface area contributed by atoms with Crippen molar-refractivity contribution in [1.82, 2.24) is 4.98 Å². The first-order valence-electron chi connectivity index (χ1n) is 10.4. The van der Waals surface area contributed by atoms with Gasteiger partial charge >= 0.3 is 0 Å². The summed E-state index contributed by atoms with van der Waals surface area (Å²) in [6.45, 7) is 5.37. The first-order chi connectivity index (χ1) is 11.8. The molecule has 0 spiro atoms. The van der Waals surface area contributed by atoms with Gasteiger partial charge in [0.05, 0.1) is 12.8 Å². The summed E-state index contributed by atoms with van der Waals surface area (Å²) in [5, 5.41) is 0. The Morgan fingerprint density at radius 1 is 0.875 bits per heavy atom. The number of nitrogens with zero attached hydrogens (tertiary/aromatic N) is 1. The average Bonchev–Trinajstić information content (AvgIpc) is 2.67. The van der Waals surface area contributed by atoms with Crippen LogP contribution in [0.15, 0.2) is 18.3 Å². The van der Waals surface area contributed by atoms with Crippen molar-refractivity contribution in [2.24, 2.45) is 23.7 Å². The molecule has 1 aromatic rings. The zero-order chi connectivity index (χ0) is 16.8. The first kappa shape index (κ1) is 17.8. The van der Waals surface area contributed by atoms with E-state index in [1.165, 1.54) is 57.8 Å². The van der Waals surface area contributed by atoms with E-state index in [4.69, 9.17) is 4.74 Å². The second kappa shape index (κ2) is 8.87. The van der Waals surface area contributed by atoms with Crippen LogP contribution in [-0.4, -0.2) is 11.6 Å². The Morgan fingerprint density at radius 2 is 1.50 bits per heavy atom. The van der Waals surface area contributed by atoms with E-state index in [2.05, 4.69) is 31.0 Å². The van der Waals surface area contributed by atoms with Gasteiger partial charge in [-0.15, -0.1) is 0 Å². The Balaban J connectivity index is 1.37.